The van der Waals surface area contributed by atoms with E-state index in [-0.39, 0.29) is 0 Å². The molecular weight excluding hydrogens is 316 g/mol. The largest absolute Gasteiger partial charge is 0.248 e. The minimum Gasteiger partial charge on any atom is -0.248 e. The average molecular weight is 325 g/mol. The normalized spacial score (nSPS) is 10.8. The third-order valence-electron chi connectivity index (χ3n) is 2.39. The van der Waals surface area contributed by atoms with Crippen molar-refractivity contribution in [1.29, 1.82) is 0 Å². The molecule has 3 rings (SSSR count). The summed E-state index contributed by atoms with van der Waals surface area (Å²) in [6.45, 7) is 0. The van der Waals surface area contributed by atoms with E-state index >= 15 is 0 Å². The zero-order chi connectivity index (χ0) is 13.1. The Bertz CT molecular complexity index is 647. The first-order chi connectivity index (χ1) is 9.31. The van der Waals surface area contributed by atoms with Crippen LogP contribution in [-0.4, -0.2) is 9.97 Å². The maximum absolute atomic E-state index is 5.81. The summed E-state index contributed by atoms with van der Waals surface area (Å²) in [6, 6.07) is 5.88. The van der Waals surface area contributed by atoms with E-state index in [9.17, 15) is 0 Å². The van der Waals surface area contributed by atoms with Crippen LogP contribution < -0.4 is 0 Å². The van der Waals surface area contributed by atoms with Crippen molar-refractivity contribution in [3.63, 3.8) is 0 Å². The quantitative estimate of drug-likeness (QED) is 0.616. The first-order valence-electron chi connectivity index (χ1n) is 5.52. The molecule has 0 bridgehead atoms. The minimum absolute atomic E-state index is 0.665. The summed E-state index contributed by atoms with van der Waals surface area (Å²) in [6.07, 6.45) is 1.67. The van der Waals surface area contributed by atoms with E-state index in [4.69, 9.17) is 11.6 Å². The van der Waals surface area contributed by atoms with Gasteiger partial charge in [0, 0.05) is 28.3 Å². The molecule has 3 aromatic rings. The zero-order valence-electron chi connectivity index (χ0n) is 9.75. The number of nitrogens with zero attached hydrogens (tertiary/aromatic N) is 2. The molecule has 0 unspecified atom stereocenters. The number of hydrogen-bond donors (Lipinski definition) is 0. The second kappa shape index (κ2) is 6.05. The van der Waals surface area contributed by atoms with Crippen molar-refractivity contribution in [2.24, 2.45) is 0 Å². The number of rotatable bonds is 4. The van der Waals surface area contributed by atoms with Crippen molar-refractivity contribution in [2.45, 2.75) is 10.8 Å². The van der Waals surface area contributed by atoms with Crippen LogP contribution in [0.1, 0.15) is 5.69 Å². The van der Waals surface area contributed by atoms with Gasteiger partial charge in [-0.2, -0.15) is 11.3 Å². The van der Waals surface area contributed by atoms with Crippen LogP contribution in [0.3, 0.4) is 0 Å². The van der Waals surface area contributed by atoms with Gasteiger partial charge in [0.2, 0.25) is 0 Å². The summed E-state index contributed by atoms with van der Waals surface area (Å²) < 4.78 is 0. The topological polar surface area (TPSA) is 25.8 Å². The average Bonchev–Trinajstić information content (AvgIpc) is 3.09. The van der Waals surface area contributed by atoms with Crippen LogP contribution in [0.15, 0.2) is 45.6 Å². The van der Waals surface area contributed by atoms with Crippen molar-refractivity contribution in [3.8, 4) is 10.6 Å². The van der Waals surface area contributed by atoms with Gasteiger partial charge in [-0.15, -0.1) is 23.1 Å². The van der Waals surface area contributed by atoms with Crippen LogP contribution in [0.5, 0.6) is 0 Å². The highest BCUT2D eigenvalue weighted by molar-refractivity contribution is 7.98. The van der Waals surface area contributed by atoms with Gasteiger partial charge in [-0.25, -0.2) is 9.97 Å². The first kappa shape index (κ1) is 13.1. The Morgan fingerprint density at radius 2 is 2.16 bits per heavy atom. The molecule has 0 aliphatic heterocycles. The van der Waals surface area contributed by atoms with Crippen molar-refractivity contribution in [3.05, 3.63) is 51.3 Å². The third kappa shape index (κ3) is 3.36. The molecular formula is C13H9ClN2S3. The molecule has 0 saturated carbocycles. The predicted octanol–water partition coefficient (Wildman–Crippen LogP) is 5.21. The third-order valence-corrected chi connectivity index (χ3v) is 5.21. The van der Waals surface area contributed by atoms with E-state index in [1.54, 1.807) is 40.6 Å². The van der Waals surface area contributed by atoms with E-state index in [0.29, 0.717) is 5.02 Å². The lowest BCUT2D eigenvalue weighted by Gasteiger charge is -1.98. The van der Waals surface area contributed by atoms with Crippen molar-refractivity contribution >= 4 is 46.0 Å². The highest BCUT2D eigenvalue weighted by Crippen LogP contribution is 2.28. The molecule has 0 amide bonds. The fourth-order valence-electron chi connectivity index (χ4n) is 1.49. The Morgan fingerprint density at radius 1 is 1.21 bits per heavy atom. The number of pyridine rings is 1. The molecule has 0 N–H and O–H groups in total. The number of halogens is 1. The fourth-order valence-corrected chi connectivity index (χ4v) is 3.97. The summed E-state index contributed by atoms with van der Waals surface area (Å²) in [5.74, 6) is 0.829. The van der Waals surface area contributed by atoms with Gasteiger partial charge in [0.25, 0.3) is 0 Å². The van der Waals surface area contributed by atoms with E-state index in [2.05, 4.69) is 32.2 Å². The molecule has 0 spiro atoms. The molecule has 0 aliphatic carbocycles. The Hall–Kier alpha value is -0.880. The Balaban J connectivity index is 1.66. The lowest BCUT2D eigenvalue weighted by atomic mass is 10.4. The lowest BCUT2D eigenvalue weighted by molar-refractivity contribution is 1.12. The molecule has 0 aromatic carbocycles. The van der Waals surface area contributed by atoms with Crippen molar-refractivity contribution in [2.75, 3.05) is 0 Å². The van der Waals surface area contributed by atoms with Crippen LogP contribution >= 0.6 is 46.0 Å². The van der Waals surface area contributed by atoms with Crippen LogP contribution in [0.2, 0.25) is 5.02 Å². The van der Waals surface area contributed by atoms with Gasteiger partial charge < -0.3 is 0 Å². The van der Waals surface area contributed by atoms with Gasteiger partial charge >= 0.3 is 0 Å². The maximum Gasteiger partial charge on any atom is 0.124 e. The van der Waals surface area contributed by atoms with Gasteiger partial charge in [-0.3, -0.25) is 0 Å². The van der Waals surface area contributed by atoms with E-state index < -0.39 is 0 Å². The minimum atomic E-state index is 0.665. The van der Waals surface area contributed by atoms with E-state index in [1.807, 2.05) is 12.1 Å². The number of thiophene rings is 1. The summed E-state index contributed by atoms with van der Waals surface area (Å²) in [7, 11) is 0. The number of hydrogen-bond acceptors (Lipinski definition) is 5. The lowest BCUT2D eigenvalue weighted by Crippen LogP contribution is -1.83. The van der Waals surface area contributed by atoms with Crippen LogP contribution in [0, 0.1) is 0 Å². The molecule has 0 radical (unpaired) electrons. The molecule has 2 nitrogen and oxygen atoms in total. The number of aromatic nitrogens is 2. The van der Waals surface area contributed by atoms with Gasteiger partial charge in [-0.1, -0.05) is 11.6 Å². The highest BCUT2D eigenvalue weighted by Gasteiger charge is 2.06. The monoisotopic (exact) mass is 324 g/mol. The van der Waals surface area contributed by atoms with Gasteiger partial charge in [-0.05, 0) is 23.6 Å². The van der Waals surface area contributed by atoms with Crippen LogP contribution in [-0.2, 0) is 5.75 Å². The molecule has 96 valence electrons. The van der Waals surface area contributed by atoms with Crippen molar-refractivity contribution in [1.82, 2.24) is 9.97 Å². The summed E-state index contributed by atoms with van der Waals surface area (Å²) >= 11 is 10.9. The molecule has 0 saturated heterocycles. The van der Waals surface area contributed by atoms with E-state index in [0.717, 1.165) is 21.5 Å². The molecule has 0 atom stereocenters. The summed E-state index contributed by atoms with van der Waals surface area (Å²) in [4.78, 5) is 8.89. The standard InChI is InChI=1S/C13H9ClN2S3/c14-10-1-2-12(15-5-10)18-7-11-8-19-13(16-11)9-3-4-17-6-9/h1-6,8H,7H2. The zero-order valence-corrected chi connectivity index (χ0v) is 13.0. The van der Waals surface area contributed by atoms with Crippen LogP contribution in [0.4, 0.5) is 0 Å². The molecule has 6 heteroatoms. The maximum atomic E-state index is 5.81. The second-order valence-corrected chi connectivity index (χ2v) is 6.83. The van der Waals surface area contributed by atoms with Gasteiger partial charge in [0.05, 0.1) is 15.7 Å². The summed E-state index contributed by atoms with van der Waals surface area (Å²) in [5.41, 5.74) is 2.30. The van der Waals surface area contributed by atoms with Gasteiger partial charge in [0.15, 0.2) is 0 Å². The van der Waals surface area contributed by atoms with E-state index in [1.165, 1.54) is 5.56 Å². The predicted molar refractivity (Wildman–Crippen MR) is 84.2 cm³/mol. The Labute approximate surface area is 128 Å². The van der Waals surface area contributed by atoms with Crippen LogP contribution in [0.25, 0.3) is 10.6 Å². The SMILES string of the molecule is Clc1ccc(SCc2csc(-c3ccsc3)n2)nc1. The smallest absolute Gasteiger partial charge is 0.124 e. The van der Waals surface area contributed by atoms with Crippen molar-refractivity contribution < 1.29 is 0 Å². The second-order valence-electron chi connectivity index (χ2n) is 3.76. The summed E-state index contributed by atoms with van der Waals surface area (Å²) in [5, 5.41) is 9.02. The fraction of sp³-hybridized carbons (Fsp3) is 0.0769. The molecule has 0 fully saturated rings. The Morgan fingerprint density at radius 3 is 2.89 bits per heavy atom. The molecule has 19 heavy (non-hydrogen) atoms. The number of thioether (sulfide) groups is 1. The Kier molecular flexibility index (Phi) is 4.18. The molecule has 0 aliphatic rings. The highest BCUT2D eigenvalue weighted by atomic mass is 35.5. The number of thiazole rings is 1. The molecule has 3 aromatic heterocycles. The molecule has 3 heterocycles. The first-order valence-corrected chi connectivity index (χ1v) is 8.71. The van der Waals surface area contributed by atoms with Gasteiger partial charge in [0.1, 0.15) is 5.01 Å².